The van der Waals surface area contributed by atoms with Gasteiger partial charge in [0.05, 0.1) is 12.2 Å². The molecule has 0 radical (unpaired) electrons. The van der Waals surface area contributed by atoms with Crippen LogP contribution in [0.15, 0.2) is 6.20 Å². The minimum atomic E-state index is -0.0774. The van der Waals surface area contributed by atoms with Crippen LogP contribution in [0, 0.1) is 5.92 Å². The molecule has 20 heavy (non-hydrogen) atoms. The zero-order valence-corrected chi connectivity index (χ0v) is 11.8. The molecular formula is C14H21N5O. The molecule has 1 N–H and O–H groups in total. The summed E-state index contributed by atoms with van der Waals surface area (Å²) in [5.74, 6) is 0.435. The highest BCUT2D eigenvalue weighted by molar-refractivity contribution is 5.92. The second kappa shape index (κ2) is 4.55. The first-order valence-corrected chi connectivity index (χ1v) is 7.67. The Morgan fingerprint density at radius 2 is 2.00 bits per heavy atom. The molecule has 0 spiro atoms. The summed E-state index contributed by atoms with van der Waals surface area (Å²) in [6, 6.07) is 1.49. The minimum absolute atomic E-state index is 0.0774. The Kier molecular flexibility index (Phi) is 2.80. The fourth-order valence-electron chi connectivity index (χ4n) is 3.07. The summed E-state index contributed by atoms with van der Waals surface area (Å²) in [7, 11) is 0. The van der Waals surface area contributed by atoms with Gasteiger partial charge in [0.2, 0.25) is 0 Å². The molecule has 0 bridgehead atoms. The molecule has 0 aromatic carbocycles. The standard InChI is InChI=1S/C14H21N5O/c1-9-6-18(10-2-3-10)7-12(9)15-14(20)13-8-19(17-16-13)11-4-5-11/h8-12H,2-7H2,1H3,(H,15,20). The first-order valence-electron chi connectivity index (χ1n) is 7.67. The topological polar surface area (TPSA) is 63.1 Å². The summed E-state index contributed by atoms with van der Waals surface area (Å²) in [6.45, 7) is 4.30. The van der Waals surface area contributed by atoms with Crippen molar-refractivity contribution in [3.8, 4) is 0 Å². The summed E-state index contributed by atoms with van der Waals surface area (Å²) in [4.78, 5) is 14.8. The maximum atomic E-state index is 12.2. The zero-order valence-electron chi connectivity index (χ0n) is 11.8. The Morgan fingerprint density at radius 1 is 1.25 bits per heavy atom. The maximum Gasteiger partial charge on any atom is 0.273 e. The van der Waals surface area contributed by atoms with E-state index in [9.17, 15) is 4.79 Å². The van der Waals surface area contributed by atoms with Crippen LogP contribution in [0.5, 0.6) is 0 Å². The van der Waals surface area contributed by atoms with Crippen LogP contribution in [0.25, 0.3) is 0 Å². The first-order chi connectivity index (χ1) is 9.70. The van der Waals surface area contributed by atoms with E-state index in [2.05, 4.69) is 27.5 Å². The molecule has 6 heteroatoms. The summed E-state index contributed by atoms with van der Waals surface area (Å²) < 4.78 is 1.82. The Balaban J connectivity index is 1.38. The zero-order chi connectivity index (χ0) is 13.7. The van der Waals surface area contributed by atoms with Crippen molar-refractivity contribution in [3.05, 3.63) is 11.9 Å². The van der Waals surface area contributed by atoms with E-state index in [1.807, 2.05) is 4.68 Å². The molecule has 3 fully saturated rings. The SMILES string of the molecule is CC1CN(C2CC2)CC1NC(=O)c1cn(C2CC2)nn1. The van der Waals surface area contributed by atoms with Gasteiger partial charge in [-0.2, -0.15) is 0 Å². The third kappa shape index (κ3) is 2.32. The van der Waals surface area contributed by atoms with Gasteiger partial charge in [-0.25, -0.2) is 4.68 Å². The molecule has 2 saturated carbocycles. The molecule has 1 aliphatic heterocycles. The maximum absolute atomic E-state index is 12.2. The van der Waals surface area contributed by atoms with Gasteiger partial charge in [0.15, 0.2) is 5.69 Å². The van der Waals surface area contributed by atoms with E-state index in [4.69, 9.17) is 0 Å². The van der Waals surface area contributed by atoms with Gasteiger partial charge in [-0.1, -0.05) is 12.1 Å². The van der Waals surface area contributed by atoms with Crippen molar-refractivity contribution >= 4 is 5.91 Å². The molecule has 1 aromatic rings. The number of hydrogen-bond donors (Lipinski definition) is 1. The van der Waals surface area contributed by atoms with Crippen LogP contribution in [-0.2, 0) is 0 Å². The molecule has 108 valence electrons. The van der Waals surface area contributed by atoms with Crippen LogP contribution in [0.4, 0.5) is 0 Å². The van der Waals surface area contributed by atoms with Gasteiger partial charge in [-0.3, -0.25) is 9.69 Å². The van der Waals surface area contributed by atoms with Crippen LogP contribution >= 0.6 is 0 Å². The van der Waals surface area contributed by atoms with E-state index in [0.717, 1.165) is 32.0 Å². The number of nitrogens with one attached hydrogen (secondary N) is 1. The first kappa shape index (κ1) is 12.3. The molecule has 6 nitrogen and oxygen atoms in total. The fourth-order valence-corrected chi connectivity index (χ4v) is 3.07. The van der Waals surface area contributed by atoms with E-state index < -0.39 is 0 Å². The molecule has 2 atom stereocenters. The van der Waals surface area contributed by atoms with E-state index >= 15 is 0 Å². The van der Waals surface area contributed by atoms with Crippen LogP contribution in [0.1, 0.15) is 49.1 Å². The van der Waals surface area contributed by atoms with Crippen LogP contribution < -0.4 is 5.32 Å². The third-order valence-corrected chi connectivity index (χ3v) is 4.68. The van der Waals surface area contributed by atoms with E-state index in [0.29, 0.717) is 17.7 Å². The lowest BCUT2D eigenvalue weighted by Gasteiger charge is -2.16. The van der Waals surface area contributed by atoms with Crippen molar-refractivity contribution in [1.29, 1.82) is 0 Å². The molecule has 1 amide bonds. The highest BCUT2D eigenvalue weighted by atomic mass is 16.2. The van der Waals surface area contributed by atoms with Gasteiger partial charge in [0, 0.05) is 25.2 Å². The summed E-state index contributed by atoms with van der Waals surface area (Å²) >= 11 is 0. The summed E-state index contributed by atoms with van der Waals surface area (Å²) in [6.07, 6.45) is 6.73. The van der Waals surface area contributed by atoms with Gasteiger partial charge in [0.1, 0.15) is 0 Å². The predicted octanol–water partition coefficient (Wildman–Crippen LogP) is 0.825. The number of carbonyl (C=O) groups is 1. The quantitative estimate of drug-likeness (QED) is 0.884. The van der Waals surface area contributed by atoms with E-state index in [1.165, 1.54) is 12.8 Å². The average molecular weight is 275 g/mol. The van der Waals surface area contributed by atoms with Crippen molar-refractivity contribution in [2.75, 3.05) is 13.1 Å². The number of hydrogen-bond acceptors (Lipinski definition) is 4. The van der Waals surface area contributed by atoms with Crippen LogP contribution in [-0.4, -0.2) is 51.0 Å². The van der Waals surface area contributed by atoms with Crippen molar-refractivity contribution in [2.24, 2.45) is 5.92 Å². The molecule has 1 aromatic heterocycles. The normalized spacial score (nSPS) is 30.6. The Labute approximate surface area is 118 Å². The second-order valence-electron chi connectivity index (χ2n) is 6.56. The monoisotopic (exact) mass is 275 g/mol. The minimum Gasteiger partial charge on any atom is -0.346 e. The van der Waals surface area contributed by atoms with Crippen LogP contribution in [0.2, 0.25) is 0 Å². The van der Waals surface area contributed by atoms with Crippen molar-refractivity contribution in [2.45, 2.75) is 50.7 Å². The molecule has 3 aliphatic rings. The van der Waals surface area contributed by atoms with Crippen molar-refractivity contribution in [1.82, 2.24) is 25.2 Å². The number of carbonyl (C=O) groups excluding carboxylic acids is 1. The number of nitrogens with zero attached hydrogens (tertiary/aromatic N) is 4. The summed E-state index contributed by atoms with van der Waals surface area (Å²) in [5.41, 5.74) is 0.453. The number of aromatic nitrogens is 3. The Morgan fingerprint density at radius 3 is 2.70 bits per heavy atom. The fraction of sp³-hybridized carbons (Fsp3) is 0.786. The molecule has 2 aliphatic carbocycles. The lowest BCUT2D eigenvalue weighted by Crippen LogP contribution is -2.40. The number of likely N-dealkylation sites (tertiary alicyclic amines) is 1. The molecular weight excluding hydrogens is 254 g/mol. The summed E-state index contributed by atoms with van der Waals surface area (Å²) in [5, 5.41) is 11.2. The van der Waals surface area contributed by atoms with E-state index in [-0.39, 0.29) is 11.9 Å². The highest BCUT2D eigenvalue weighted by Gasteiger charge is 2.39. The van der Waals surface area contributed by atoms with Gasteiger partial charge in [-0.05, 0) is 31.6 Å². The highest BCUT2D eigenvalue weighted by Crippen LogP contribution is 2.34. The molecule has 2 heterocycles. The Bertz CT molecular complexity index is 519. The number of amides is 1. The molecule has 1 saturated heterocycles. The van der Waals surface area contributed by atoms with Gasteiger partial charge in [0.25, 0.3) is 5.91 Å². The van der Waals surface area contributed by atoms with Crippen molar-refractivity contribution < 1.29 is 4.79 Å². The average Bonchev–Trinajstić information content (AvgIpc) is 3.36. The van der Waals surface area contributed by atoms with Crippen LogP contribution in [0.3, 0.4) is 0 Å². The smallest absolute Gasteiger partial charge is 0.273 e. The number of rotatable bonds is 4. The second-order valence-corrected chi connectivity index (χ2v) is 6.56. The Hall–Kier alpha value is -1.43. The van der Waals surface area contributed by atoms with Gasteiger partial charge < -0.3 is 5.32 Å². The lowest BCUT2D eigenvalue weighted by molar-refractivity contribution is 0.0926. The predicted molar refractivity (Wildman–Crippen MR) is 73.3 cm³/mol. The molecule has 2 unspecified atom stereocenters. The third-order valence-electron chi connectivity index (χ3n) is 4.68. The largest absolute Gasteiger partial charge is 0.346 e. The van der Waals surface area contributed by atoms with Gasteiger partial charge >= 0.3 is 0 Å². The molecule has 4 rings (SSSR count). The van der Waals surface area contributed by atoms with E-state index in [1.54, 1.807) is 6.20 Å². The van der Waals surface area contributed by atoms with Gasteiger partial charge in [-0.15, -0.1) is 5.10 Å². The van der Waals surface area contributed by atoms with Crippen molar-refractivity contribution in [3.63, 3.8) is 0 Å². The lowest BCUT2D eigenvalue weighted by atomic mass is 10.1.